The lowest BCUT2D eigenvalue weighted by molar-refractivity contribution is 0.463. The average Bonchev–Trinajstić information content (AvgIpc) is 2.82. The summed E-state index contributed by atoms with van der Waals surface area (Å²) in [6.45, 7) is 5.30. The minimum Gasteiger partial charge on any atom is -0.444 e. The van der Waals surface area contributed by atoms with Gasteiger partial charge in [0.15, 0.2) is 5.96 Å². The minimum absolute atomic E-state index is 0. The van der Waals surface area contributed by atoms with Crippen LogP contribution >= 0.6 is 24.0 Å². The van der Waals surface area contributed by atoms with Crippen LogP contribution in [-0.4, -0.2) is 24.5 Å². The van der Waals surface area contributed by atoms with Gasteiger partial charge in [0.1, 0.15) is 5.76 Å². The zero-order valence-corrected chi connectivity index (χ0v) is 16.0. The summed E-state index contributed by atoms with van der Waals surface area (Å²) < 4.78 is 5.56. The molecule has 0 aliphatic heterocycles. The van der Waals surface area contributed by atoms with Gasteiger partial charge >= 0.3 is 0 Å². The maximum atomic E-state index is 5.56. The Morgan fingerprint density at radius 3 is 2.74 bits per heavy atom. The smallest absolute Gasteiger partial charge is 0.214 e. The molecule has 2 aromatic rings. The first-order valence-corrected chi connectivity index (χ1v) is 7.62. The van der Waals surface area contributed by atoms with Crippen LogP contribution in [0.25, 0.3) is 0 Å². The fourth-order valence-electron chi connectivity index (χ4n) is 2.76. The summed E-state index contributed by atoms with van der Waals surface area (Å²) in [7, 11) is 1.77. The molecule has 5 nitrogen and oxygen atoms in total. The number of hydrogen-bond donors (Lipinski definition) is 2. The van der Waals surface area contributed by atoms with E-state index < -0.39 is 0 Å². The summed E-state index contributed by atoms with van der Waals surface area (Å²) in [5.41, 5.74) is 3.85. The van der Waals surface area contributed by atoms with E-state index in [9.17, 15) is 0 Å². The Labute approximate surface area is 154 Å². The number of aryl methyl sites for hydroxylation is 2. The number of aromatic nitrogens is 1. The van der Waals surface area contributed by atoms with Gasteiger partial charge in [0.05, 0.1) is 12.2 Å². The SMILES string of the molecule is CN=C(NCc1nc(C)c(C)o1)NCC1Cc2ccccc21.I. The van der Waals surface area contributed by atoms with Crippen LogP contribution < -0.4 is 10.6 Å². The molecule has 0 bridgehead atoms. The fraction of sp³-hybridized carbons (Fsp3) is 0.412. The van der Waals surface area contributed by atoms with E-state index >= 15 is 0 Å². The third-order valence-electron chi connectivity index (χ3n) is 4.18. The van der Waals surface area contributed by atoms with Crippen molar-refractivity contribution in [3.05, 3.63) is 52.7 Å². The van der Waals surface area contributed by atoms with Crippen LogP contribution in [-0.2, 0) is 13.0 Å². The molecule has 2 N–H and O–H groups in total. The highest BCUT2D eigenvalue weighted by atomic mass is 127. The highest BCUT2D eigenvalue weighted by Gasteiger charge is 2.25. The Kier molecular flexibility index (Phi) is 6.04. The summed E-state index contributed by atoms with van der Waals surface area (Å²) in [5, 5.41) is 6.61. The number of nitrogens with one attached hydrogen (secondary N) is 2. The number of hydrogen-bond acceptors (Lipinski definition) is 3. The normalized spacial score (nSPS) is 16.1. The van der Waals surface area contributed by atoms with Crippen molar-refractivity contribution in [1.29, 1.82) is 0 Å². The maximum Gasteiger partial charge on any atom is 0.214 e. The van der Waals surface area contributed by atoms with E-state index in [0.29, 0.717) is 18.4 Å². The Bertz CT molecular complexity index is 676. The van der Waals surface area contributed by atoms with Crippen LogP contribution in [0, 0.1) is 13.8 Å². The molecular formula is C17H23IN4O. The number of nitrogens with zero attached hydrogens (tertiary/aromatic N) is 2. The molecule has 1 aromatic heterocycles. The Hall–Kier alpha value is -1.57. The number of aliphatic imine (C=N–C) groups is 1. The molecule has 1 unspecified atom stereocenters. The second-order valence-electron chi connectivity index (χ2n) is 5.66. The number of guanidine groups is 1. The lowest BCUT2D eigenvalue weighted by Crippen LogP contribution is -2.40. The standard InChI is InChI=1S/C17H22N4O.HI/c1-11-12(2)22-16(21-11)10-20-17(18-3)19-9-14-8-13-6-4-5-7-15(13)14;/h4-7,14H,8-10H2,1-3H3,(H2,18,19,20);1H. The van der Waals surface area contributed by atoms with Gasteiger partial charge in [-0.25, -0.2) is 4.98 Å². The molecule has 0 fully saturated rings. The highest BCUT2D eigenvalue weighted by Crippen LogP contribution is 2.33. The van der Waals surface area contributed by atoms with Gasteiger partial charge < -0.3 is 15.1 Å². The monoisotopic (exact) mass is 426 g/mol. The first kappa shape index (κ1) is 17.8. The summed E-state index contributed by atoms with van der Waals surface area (Å²) in [5.74, 6) is 2.90. The van der Waals surface area contributed by atoms with Gasteiger partial charge in [-0.1, -0.05) is 24.3 Å². The van der Waals surface area contributed by atoms with Crippen molar-refractivity contribution in [2.24, 2.45) is 4.99 Å². The summed E-state index contributed by atoms with van der Waals surface area (Å²) >= 11 is 0. The van der Waals surface area contributed by atoms with Crippen LogP contribution in [0.2, 0.25) is 0 Å². The lowest BCUT2D eigenvalue weighted by atomic mass is 9.78. The quantitative estimate of drug-likeness (QED) is 0.449. The van der Waals surface area contributed by atoms with Crippen molar-refractivity contribution in [1.82, 2.24) is 15.6 Å². The highest BCUT2D eigenvalue weighted by molar-refractivity contribution is 14.0. The van der Waals surface area contributed by atoms with Crippen LogP contribution in [0.15, 0.2) is 33.7 Å². The van der Waals surface area contributed by atoms with E-state index in [1.54, 1.807) is 7.05 Å². The Morgan fingerprint density at radius 2 is 2.09 bits per heavy atom. The average molecular weight is 426 g/mol. The summed E-state index contributed by atoms with van der Waals surface area (Å²) in [6, 6.07) is 8.61. The van der Waals surface area contributed by atoms with Crippen molar-refractivity contribution in [3.63, 3.8) is 0 Å². The molecule has 1 aliphatic carbocycles. The van der Waals surface area contributed by atoms with Crippen molar-refractivity contribution in [2.75, 3.05) is 13.6 Å². The first-order valence-electron chi connectivity index (χ1n) is 7.62. The molecule has 1 atom stereocenters. The van der Waals surface area contributed by atoms with Gasteiger partial charge in [-0.15, -0.1) is 24.0 Å². The molecule has 0 radical (unpaired) electrons. The molecule has 0 saturated heterocycles. The Morgan fingerprint density at radius 1 is 1.30 bits per heavy atom. The molecule has 0 amide bonds. The van der Waals surface area contributed by atoms with Crippen molar-refractivity contribution in [2.45, 2.75) is 32.7 Å². The van der Waals surface area contributed by atoms with E-state index in [4.69, 9.17) is 4.42 Å². The van der Waals surface area contributed by atoms with Gasteiger partial charge in [0.2, 0.25) is 5.89 Å². The zero-order valence-electron chi connectivity index (χ0n) is 13.7. The van der Waals surface area contributed by atoms with Crippen molar-refractivity contribution in [3.8, 4) is 0 Å². The van der Waals surface area contributed by atoms with Crippen molar-refractivity contribution < 1.29 is 4.42 Å². The lowest BCUT2D eigenvalue weighted by Gasteiger charge is -2.30. The predicted octanol–water partition coefficient (Wildman–Crippen LogP) is 2.91. The first-order chi connectivity index (χ1) is 10.7. The molecule has 0 saturated carbocycles. The topological polar surface area (TPSA) is 62.5 Å². The number of oxazole rings is 1. The van der Waals surface area contributed by atoms with Crippen LogP contribution in [0.1, 0.15) is 34.4 Å². The maximum absolute atomic E-state index is 5.56. The second-order valence-corrected chi connectivity index (χ2v) is 5.66. The van der Waals surface area contributed by atoms with Gasteiger partial charge in [-0.3, -0.25) is 4.99 Å². The molecule has 124 valence electrons. The van der Waals surface area contributed by atoms with Gasteiger partial charge in [0.25, 0.3) is 0 Å². The van der Waals surface area contributed by atoms with Gasteiger partial charge in [-0.2, -0.15) is 0 Å². The van der Waals surface area contributed by atoms with E-state index in [0.717, 1.165) is 30.4 Å². The Balaban J connectivity index is 0.00000192. The molecule has 1 aromatic carbocycles. The number of rotatable bonds is 4. The predicted molar refractivity (Wildman–Crippen MR) is 102 cm³/mol. The third-order valence-corrected chi connectivity index (χ3v) is 4.18. The number of benzene rings is 1. The zero-order chi connectivity index (χ0) is 15.5. The fourth-order valence-corrected chi connectivity index (χ4v) is 2.76. The van der Waals surface area contributed by atoms with E-state index in [1.165, 1.54) is 11.1 Å². The van der Waals surface area contributed by atoms with E-state index in [-0.39, 0.29) is 24.0 Å². The summed E-state index contributed by atoms with van der Waals surface area (Å²) in [6.07, 6.45) is 1.14. The van der Waals surface area contributed by atoms with Crippen LogP contribution in [0.5, 0.6) is 0 Å². The molecular weight excluding hydrogens is 403 g/mol. The van der Waals surface area contributed by atoms with Gasteiger partial charge in [-0.05, 0) is 31.4 Å². The van der Waals surface area contributed by atoms with Gasteiger partial charge in [0, 0.05) is 19.5 Å². The number of fused-ring (bicyclic) bond motifs is 1. The van der Waals surface area contributed by atoms with Crippen LogP contribution in [0.4, 0.5) is 0 Å². The summed E-state index contributed by atoms with van der Waals surface area (Å²) in [4.78, 5) is 8.60. The minimum atomic E-state index is 0. The number of halogens is 1. The van der Waals surface area contributed by atoms with E-state index in [2.05, 4.69) is 44.9 Å². The van der Waals surface area contributed by atoms with Crippen LogP contribution in [0.3, 0.4) is 0 Å². The largest absolute Gasteiger partial charge is 0.444 e. The second kappa shape index (κ2) is 7.81. The van der Waals surface area contributed by atoms with Crippen molar-refractivity contribution >= 4 is 29.9 Å². The van der Waals surface area contributed by atoms with E-state index in [1.807, 2.05) is 13.8 Å². The third kappa shape index (κ3) is 4.04. The molecule has 0 spiro atoms. The molecule has 6 heteroatoms. The molecule has 23 heavy (non-hydrogen) atoms. The molecule has 3 rings (SSSR count). The molecule has 1 heterocycles. The molecule has 1 aliphatic rings.